The highest BCUT2D eigenvalue weighted by molar-refractivity contribution is 6.03. The lowest BCUT2D eigenvalue weighted by Gasteiger charge is -2.08. The maximum absolute atomic E-state index is 12.3. The van der Waals surface area contributed by atoms with Gasteiger partial charge in [0.15, 0.2) is 0 Å². The highest BCUT2D eigenvalue weighted by atomic mass is 16.5. The molecule has 1 amide bonds. The van der Waals surface area contributed by atoms with E-state index in [0.717, 1.165) is 5.69 Å². The van der Waals surface area contributed by atoms with Crippen LogP contribution in [-0.4, -0.2) is 20.7 Å². The number of aromatic nitrogens is 3. The normalized spacial score (nSPS) is 10.4. The van der Waals surface area contributed by atoms with Crippen molar-refractivity contribution in [2.24, 2.45) is 7.05 Å². The van der Waals surface area contributed by atoms with E-state index in [1.165, 1.54) is 6.20 Å². The molecule has 0 fully saturated rings. The summed E-state index contributed by atoms with van der Waals surface area (Å²) in [7, 11) is 1.73. The quantitative estimate of drug-likeness (QED) is 0.770. The third-order valence-electron chi connectivity index (χ3n) is 3.31. The van der Waals surface area contributed by atoms with Crippen LogP contribution in [0.15, 0.2) is 48.7 Å². The van der Waals surface area contributed by atoms with Crippen LogP contribution in [0, 0.1) is 6.92 Å². The molecule has 0 aliphatic carbocycles. The molecule has 0 aliphatic rings. The van der Waals surface area contributed by atoms with Gasteiger partial charge in [-0.2, -0.15) is 5.10 Å². The molecule has 3 rings (SSSR count). The van der Waals surface area contributed by atoms with E-state index in [9.17, 15) is 4.79 Å². The van der Waals surface area contributed by atoms with Gasteiger partial charge in [0.25, 0.3) is 5.91 Å². The van der Waals surface area contributed by atoms with Crippen LogP contribution in [0.5, 0.6) is 11.6 Å². The third kappa shape index (κ3) is 3.52. The fraction of sp³-hybridized carbons (Fsp3) is 0.118. The molecule has 7 heteroatoms. The third-order valence-corrected chi connectivity index (χ3v) is 3.31. The molecule has 3 N–H and O–H groups in total. The first kappa shape index (κ1) is 15.5. The zero-order chi connectivity index (χ0) is 17.1. The number of nitrogens with two attached hydrogens (primary N) is 1. The van der Waals surface area contributed by atoms with E-state index < -0.39 is 0 Å². The summed E-state index contributed by atoms with van der Waals surface area (Å²) in [6.07, 6.45) is 1.52. The molecular formula is C17H17N5O2. The van der Waals surface area contributed by atoms with Crippen molar-refractivity contribution in [2.45, 2.75) is 6.92 Å². The highest BCUT2D eigenvalue weighted by Crippen LogP contribution is 2.23. The van der Waals surface area contributed by atoms with Gasteiger partial charge in [-0.05, 0) is 31.2 Å². The molecule has 24 heavy (non-hydrogen) atoms. The number of ether oxygens (including phenoxy) is 1. The number of hydrogen-bond acceptors (Lipinski definition) is 5. The van der Waals surface area contributed by atoms with Crippen molar-refractivity contribution in [2.75, 3.05) is 11.1 Å². The van der Waals surface area contributed by atoms with Gasteiger partial charge in [0.05, 0.1) is 17.6 Å². The van der Waals surface area contributed by atoms with E-state index in [1.54, 1.807) is 54.2 Å². The predicted octanol–water partition coefficient (Wildman–Crippen LogP) is 2.75. The number of pyridine rings is 1. The van der Waals surface area contributed by atoms with Crippen LogP contribution in [0.25, 0.3) is 0 Å². The van der Waals surface area contributed by atoms with Gasteiger partial charge in [-0.3, -0.25) is 9.48 Å². The highest BCUT2D eigenvalue weighted by Gasteiger charge is 2.12. The molecule has 0 saturated heterocycles. The summed E-state index contributed by atoms with van der Waals surface area (Å²) in [5.41, 5.74) is 8.05. The minimum absolute atomic E-state index is 0.235. The lowest BCUT2D eigenvalue weighted by atomic mass is 10.3. The second kappa shape index (κ2) is 6.41. The smallest absolute Gasteiger partial charge is 0.273 e. The van der Waals surface area contributed by atoms with Crippen LogP contribution in [0.2, 0.25) is 0 Å². The fourth-order valence-electron chi connectivity index (χ4n) is 2.23. The molecular weight excluding hydrogens is 306 g/mol. The molecule has 0 saturated carbocycles. The van der Waals surface area contributed by atoms with E-state index in [-0.39, 0.29) is 5.91 Å². The number of nitrogen functional groups attached to an aromatic ring is 1. The summed E-state index contributed by atoms with van der Waals surface area (Å²) in [6, 6.07) is 12.2. The maximum Gasteiger partial charge on any atom is 0.273 e. The van der Waals surface area contributed by atoms with E-state index in [0.29, 0.717) is 28.7 Å². The van der Waals surface area contributed by atoms with E-state index in [4.69, 9.17) is 10.5 Å². The number of rotatable bonds is 4. The van der Waals surface area contributed by atoms with E-state index in [2.05, 4.69) is 15.4 Å². The van der Waals surface area contributed by atoms with E-state index in [1.807, 2.05) is 6.92 Å². The number of hydrogen-bond donors (Lipinski definition) is 2. The SMILES string of the molecule is Cc1cc(C(=O)Nc2cccc(Oc3ccc(N)cn3)c2)n(C)n1. The van der Waals surface area contributed by atoms with Crippen LogP contribution < -0.4 is 15.8 Å². The van der Waals surface area contributed by atoms with Gasteiger partial charge < -0.3 is 15.8 Å². The molecule has 0 bridgehead atoms. The number of aryl methyl sites for hydroxylation is 2. The molecule has 3 aromatic rings. The van der Waals surface area contributed by atoms with Crippen molar-refractivity contribution in [3.8, 4) is 11.6 Å². The number of anilines is 2. The minimum Gasteiger partial charge on any atom is -0.439 e. The van der Waals surface area contributed by atoms with E-state index >= 15 is 0 Å². The van der Waals surface area contributed by atoms with Gasteiger partial charge in [-0.1, -0.05) is 6.07 Å². The van der Waals surface area contributed by atoms with Gasteiger partial charge in [0.1, 0.15) is 11.4 Å². The number of nitrogens with one attached hydrogen (secondary N) is 1. The van der Waals surface area contributed by atoms with Gasteiger partial charge in [0, 0.05) is 24.9 Å². The Morgan fingerprint density at radius 2 is 2.08 bits per heavy atom. The van der Waals surface area contributed by atoms with Crippen LogP contribution in [0.1, 0.15) is 16.2 Å². The lowest BCUT2D eigenvalue weighted by Crippen LogP contribution is -2.16. The summed E-state index contributed by atoms with van der Waals surface area (Å²) in [4.78, 5) is 16.4. The first-order valence-corrected chi connectivity index (χ1v) is 7.33. The zero-order valence-electron chi connectivity index (χ0n) is 13.4. The molecule has 122 valence electrons. The van der Waals surface area contributed by atoms with Crippen molar-refractivity contribution in [3.63, 3.8) is 0 Å². The Balaban J connectivity index is 1.74. The molecule has 0 spiro atoms. The van der Waals surface area contributed by atoms with Crippen LogP contribution in [-0.2, 0) is 7.05 Å². The molecule has 0 atom stereocenters. The van der Waals surface area contributed by atoms with Gasteiger partial charge in [-0.15, -0.1) is 0 Å². The van der Waals surface area contributed by atoms with Crippen molar-refractivity contribution in [1.29, 1.82) is 0 Å². The number of amides is 1. The second-order valence-electron chi connectivity index (χ2n) is 5.31. The molecule has 2 aromatic heterocycles. The molecule has 0 aliphatic heterocycles. The first-order chi connectivity index (χ1) is 11.5. The average molecular weight is 323 g/mol. The largest absolute Gasteiger partial charge is 0.439 e. The topological polar surface area (TPSA) is 95.1 Å². The summed E-state index contributed by atoms with van der Waals surface area (Å²) >= 11 is 0. The summed E-state index contributed by atoms with van der Waals surface area (Å²) in [6.45, 7) is 1.84. The summed E-state index contributed by atoms with van der Waals surface area (Å²) in [5.74, 6) is 0.752. The Kier molecular flexibility index (Phi) is 4.15. The van der Waals surface area contributed by atoms with Crippen LogP contribution >= 0.6 is 0 Å². The summed E-state index contributed by atoms with van der Waals surface area (Å²) < 4.78 is 7.20. The van der Waals surface area contributed by atoms with Crippen molar-refractivity contribution >= 4 is 17.3 Å². The number of benzene rings is 1. The van der Waals surface area contributed by atoms with Gasteiger partial charge in [-0.25, -0.2) is 4.98 Å². The predicted molar refractivity (Wildman–Crippen MR) is 91.1 cm³/mol. The number of carbonyl (C=O) groups excluding carboxylic acids is 1. The van der Waals surface area contributed by atoms with Gasteiger partial charge >= 0.3 is 0 Å². The first-order valence-electron chi connectivity index (χ1n) is 7.33. The summed E-state index contributed by atoms with van der Waals surface area (Å²) in [5, 5.41) is 6.99. The Morgan fingerprint density at radius 3 is 2.75 bits per heavy atom. The fourth-order valence-corrected chi connectivity index (χ4v) is 2.23. The average Bonchev–Trinajstić information content (AvgIpc) is 2.89. The van der Waals surface area contributed by atoms with Crippen LogP contribution in [0.4, 0.5) is 11.4 Å². The lowest BCUT2D eigenvalue weighted by molar-refractivity contribution is 0.101. The molecule has 0 unspecified atom stereocenters. The molecule has 0 radical (unpaired) electrons. The van der Waals surface area contributed by atoms with Crippen molar-refractivity contribution in [3.05, 3.63) is 60.0 Å². The van der Waals surface area contributed by atoms with Crippen LogP contribution in [0.3, 0.4) is 0 Å². The number of nitrogens with zero attached hydrogens (tertiary/aromatic N) is 3. The Labute approximate surface area is 139 Å². The minimum atomic E-state index is -0.235. The monoisotopic (exact) mass is 323 g/mol. The Hall–Kier alpha value is -3.35. The van der Waals surface area contributed by atoms with Gasteiger partial charge in [0.2, 0.25) is 5.88 Å². The Morgan fingerprint density at radius 1 is 1.25 bits per heavy atom. The van der Waals surface area contributed by atoms with Crippen molar-refractivity contribution in [1.82, 2.24) is 14.8 Å². The molecule has 7 nitrogen and oxygen atoms in total. The second-order valence-corrected chi connectivity index (χ2v) is 5.31. The molecule has 2 heterocycles. The number of carbonyl (C=O) groups is 1. The Bertz CT molecular complexity index is 871. The maximum atomic E-state index is 12.3. The zero-order valence-corrected chi connectivity index (χ0v) is 13.4. The standard InChI is InChI=1S/C17H17N5O2/c1-11-8-15(22(2)21-11)17(23)20-13-4-3-5-14(9-13)24-16-7-6-12(18)10-19-16/h3-10H,18H2,1-2H3,(H,20,23). The molecule has 1 aromatic carbocycles. The van der Waals surface area contributed by atoms with Crippen molar-refractivity contribution < 1.29 is 9.53 Å².